The molecular formula is C16H19ClN2O2S. The van der Waals surface area contributed by atoms with Crippen LogP contribution in [0.3, 0.4) is 0 Å². The van der Waals surface area contributed by atoms with Crippen molar-refractivity contribution in [3.05, 3.63) is 43.9 Å². The van der Waals surface area contributed by atoms with E-state index >= 15 is 0 Å². The van der Waals surface area contributed by atoms with E-state index < -0.39 is 0 Å². The van der Waals surface area contributed by atoms with Crippen LogP contribution in [0, 0.1) is 13.8 Å². The van der Waals surface area contributed by atoms with E-state index in [1.807, 2.05) is 32.9 Å². The summed E-state index contributed by atoms with van der Waals surface area (Å²) in [6.07, 6.45) is 0. The van der Waals surface area contributed by atoms with Gasteiger partial charge in [-0.05, 0) is 45.4 Å². The fourth-order valence-electron chi connectivity index (χ4n) is 2.60. The quantitative estimate of drug-likeness (QED) is 0.830. The molecule has 6 heteroatoms. The molecular weight excluding hydrogens is 320 g/mol. The zero-order valence-corrected chi connectivity index (χ0v) is 14.7. The normalized spacial score (nSPS) is 10.8. The van der Waals surface area contributed by atoms with Crippen LogP contribution >= 0.6 is 22.9 Å². The summed E-state index contributed by atoms with van der Waals surface area (Å²) in [5.41, 5.74) is 2.56. The van der Waals surface area contributed by atoms with Crippen LogP contribution in [-0.2, 0) is 6.54 Å². The van der Waals surface area contributed by atoms with Crippen LogP contribution in [0.2, 0.25) is 4.34 Å². The molecule has 2 aromatic rings. The Bertz CT molecular complexity index is 718. The minimum absolute atomic E-state index is 0.0293. The number of aryl methyl sites for hydroxylation is 1. The molecule has 0 bridgehead atoms. The first kappa shape index (κ1) is 16.8. The molecule has 0 aliphatic heterocycles. The number of rotatable bonds is 5. The van der Waals surface area contributed by atoms with Gasteiger partial charge in [-0.15, -0.1) is 11.3 Å². The average molecular weight is 339 g/mol. The molecule has 0 saturated carbocycles. The SMILES string of the molecule is CCN(Cc1ccc(Cl)s1)C(=O)c1[nH]c(C)c(C(C)=O)c1C. The highest BCUT2D eigenvalue weighted by molar-refractivity contribution is 7.16. The third-order valence-electron chi connectivity index (χ3n) is 3.65. The molecule has 118 valence electrons. The number of Topliss-reactive ketones (excluding diaryl/α,β-unsaturated/α-hetero) is 1. The monoisotopic (exact) mass is 338 g/mol. The number of amides is 1. The predicted octanol–water partition coefficient (Wildman–Crippen LogP) is 4.21. The van der Waals surface area contributed by atoms with Gasteiger partial charge in [-0.3, -0.25) is 9.59 Å². The average Bonchev–Trinajstić information content (AvgIpc) is 2.98. The van der Waals surface area contributed by atoms with Crippen molar-refractivity contribution in [2.45, 2.75) is 34.2 Å². The van der Waals surface area contributed by atoms with Crippen LogP contribution in [-0.4, -0.2) is 28.1 Å². The molecule has 1 amide bonds. The van der Waals surface area contributed by atoms with Gasteiger partial charge in [0.25, 0.3) is 5.91 Å². The Morgan fingerprint density at radius 1 is 1.32 bits per heavy atom. The molecule has 4 nitrogen and oxygen atoms in total. The second-order valence-corrected chi connectivity index (χ2v) is 7.01. The lowest BCUT2D eigenvalue weighted by atomic mass is 10.1. The van der Waals surface area contributed by atoms with Crippen molar-refractivity contribution < 1.29 is 9.59 Å². The topological polar surface area (TPSA) is 53.2 Å². The van der Waals surface area contributed by atoms with E-state index in [-0.39, 0.29) is 11.7 Å². The highest BCUT2D eigenvalue weighted by atomic mass is 35.5. The highest BCUT2D eigenvalue weighted by Crippen LogP contribution is 2.24. The maximum Gasteiger partial charge on any atom is 0.270 e. The number of halogens is 1. The van der Waals surface area contributed by atoms with Crippen LogP contribution < -0.4 is 0 Å². The van der Waals surface area contributed by atoms with E-state index in [2.05, 4.69) is 4.98 Å². The molecule has 0 aliphatic carbocycles. The van der Waals surface area contributed by atoms with Crippen molar-refractivity contribution in [2.24, 2.45) is 0 Å². The highest BCUT2D eigenvalue weighted by Gasteiger charge is 2.23. The number of nitrogens with zero attached hydrogens (tertiary/aromatic N) is 1. The number of aromatic nitrogens is 1. The number of hydrogen-bond donors (Lipinski definition) is 1. The first-order chi connectivity index (χ1) is 10.3. The largest absolute Gasteiger partial charge is 0.354 e. The van der Waals surface area contributed by atoms with Crippen LogP contribution in [0.25, 0.3) is 0 Å². The maximum atomic E-state index is 12.8. The first-order valence-electron chi connectivity index (χ1n) is 7.08. The van der Waals surface area contributed by atoms with Gasteiger partial charge in [0, 0.05) is 22.7 Å². The number of carbonyl (C=O) groups excluding carboxylic acids is 2. The van der Waals surface area contributed by atoms with Gasteiger partial charge in [0.2, 0.25) is 0 Å². The number of hydrogen-bond acceptors (Lipinski definition) is 3. The zero-order valence-electron chi connectivity index (χ0n) is 13.1. The van der Waals surface area contributed by atoms with Gasteiger partial charge in [0.15, 0.2) is 5.78 Å². The van der Waals surface area contributed by atoms with Crippen molar-refractivity contribution in [1.29, 1.82) is 0 Å². The van der Waals surface area contributed by atoms with Crippen LogP contribution in [0.5, 0.6) is 0 Å². The number of nitrogens with one attached hydrogen (secondary N) is 1. The summed E-state index contributed by atoms with van der Waals surface area (Å²) in [4.78, 5) is 30.3. The Labute approximate surface area is 139 Å². The fourth-order valence-corrected chi connectivity index (χ4v) is 3.71. The fraction of sp³-hybridized carbons (Fsp3) is 0.375. The maximum absolute atomic E-state index is 12.8. The Morgan fingerprint density at radius 2 is 2.00 bits per heavy atom. The Morgan fingerprint density at radius 3 is 2.45 bits per heavy atom. The van der Waals surface area contributed by atoms with Gasteiger partial charge in [-0.2, -0.15) is 0 Å². The zero-order chi connectivity index (χ0) is 16.4. The van der Waals surface area contributed by atoms with Crippen molar-refractivity contribution in [3.8, 4) is 0 Å². The molecule has 22 heavy (non-hydrogen) atoms. The van der Waals surface area contributed by atoms with E-state index in [4.69, 9.17) is 11.6 Å². The minimum Gasteiger partial charge on any atom is -0.354 e. The molecule has 0 radical (unpaired) electrons. The third kappa shape index (κ3) is 3.25. The summed E-state index contributed by atoms with van der Waals surface area (Å²) >= 11 is 7.41. The lowest BCUT2D eigenvalue weighted by Gasteiger charge is -2.20. The second-order valence-electron chi connectivity index (χ2n) is 5.21. The van der Waals surface area contributed by atoms with Gasteiger partial charge in [-0.1, -0.05) is 11.6 Å². The van der Waals surface area contributed by atoms with E-state index in [1.54, 1.807) is 4.90 Å². The molecule has 0 aromatic carbocycles. The van der Waals surface area contributed by atoms with Crippen molar-refractivity contribution in [1.82, 2.24) is 9.88 Å². The van der Waals surface area contributed by atoms with Crippen molar-refractivity contribution in [2.75, 3.05) is 6.54 Å². The number of thiophene rings is 1. The predicted molar refractivity (Wildman–Crippen MR) is 90.0 cm³/mol. The molecule has 0 atom stereocenters. The van der Waals surface area contributed by atoms with Crippen molar-refractivity contribution in [3.63, 3.8) is 0 Å². The lowest BCUT2D eigenvalue weighted by Crippen LogP contribution is -2.30. The number of carbonyl (C=O) groups is 2. The summed E-state index contributed by atoms with van der Waals surface area (Å²) < 4.78 is 0.712. The van der Waals surface area contributed by atoms with E-state index in [9.17, 15) is 9.59 Å². The molecule has 0 unspecified atom stereocenters. The second kappa shape index (κ2) is 6.67. The summed E-state index contributed by atoms with van der Waals surface area (Å²) in [6.45, 7) is 8.17. The van der Waals surface area contributed by atoms with Gasteiger partial charge in [0.1, 0.15) is 5.69 Å². The number of ketones is 1. The summed E-state index contributed by atoms with van der Waals surface area (Å²) in [6, 6.07) is 3.76. The molecule has 0 aliphatic rings. The summed E-state index contributed by atoms with van der Waals surface area (Å²) in [7, 11) is 0. The molecule has 2 aromatic heterocycles. The third-order valence-corrected chi connectivity index (χ3v) is 4.86. The molecule has 2 rings (SSSR count). The molecule has 0 saturated heterocycles. The standard InChI is InChI=1S/C16H19ClN2O2S/c1-5-19(8-12-6-7-13(17)22-12)16(21)15-9(2)14(11(4)20)10(3)18-15/h6-7,18H,5,8H2,1-4H3. The summed E-state index contributed by atoms with van der Waals surface area (Å²) in [5.74, 6) is -0.126. The van der Waals surface area contributed by atoms with Gasteiger partial charge >= 0.3 is 0 Å². The molecule has 2 heterocycles. The van der Waals surface area contributed by atoms with Crippen molar-refractivity contribution >= 4 is 34.6 Å². The van der Waals surface area contributed by atoms with Crippen LogP contribution in [0.15, 0.2) is 12.1 Å². The van der Waals surface area contributed by atoms with E-state index in [0.717, 1.165) is 16.1 Å². The van der Waals surface area contributed by atoms with E-state index in [0.29, 0.717) is 28.7 Å². The van der Waals surface area contributed by atoms with Gasteiger partial charge in [-0.25, -0.2) is 0 Å². The smallest absolute Gasteiger partial charge is 0.270 e. The van der Waals surface area contributed by atoms with Crippen LogP contribution in [0.1, 0.15) is 50.8 Å². The molecule has 0 fully saturated rings. The van der Waals surface area contributed by atoms with E-state index in [1.165, 1.54) is 18.3 Å². The van der Waals surface area contributed by atoms with Crippen LogP contribution in [0.4, 0.5) is 0 Å². The lowest BCUT2D eigenvalue weighted by molar-refractivity contribution is 0.0748. The minimum atomic E-state index is -0.0971. The Kier molecular flexibility index (Phi) is 5.08. The molecule has 0 spiro atoms. The Hall–Kier alpha value is -1.59. The van der Waals surface area contributed by atoms with Gasteiger partial charge in [0.05, 0.1) is 10.9 Å². The summed E-state index contributed by atoms with van der Waals surface area (Å²) in [5, 5.41) is 0. The Balaban J connectivity index is 2.29. The van der Waals surface area contributed by atoms with Gasteiger partial charge < -0.3 is 9.88 Å². The number of H-pyrrole nitrogens is 1. The number of aromatic amines is 1. The molecule has 1 N–H and O–H groups in total. The first-order valence-corrected chi connectivity index (χ1v) is 8.28.